The number of rotatable bonds is 0. The molecule has 0 aromatic rings. The van der Waals surface area contributed by atoms with Crippen LogP contribution in [0.25, 0.3) is 0 Å². The summed E-state index contributed by atoms with van der Waals surface area (Å²) in [6.07, 6.45) is 5.99. The van der Waals surface area contributed by atoms with E-state index in [4.69, 9.17) is 4.74 Å². The lowest BCUT2D eigenvalue weighted by Gasteiger charge is -2.41. The lowest BCUT2D eigenvalue weighted by Crippen LogP contribution is -2.47. The zero-order valence-corrected chi connectivity index (χ0v) is 12.6. The van der Waals surface area contributed by atoms with E-state index >= 15 is 0 Å². The van der Waals surface area contributed by atoms with E-state index in [1.165, 1.54) is 19.3 Å². The molecule has 19 heavy (non-hydrogen) atoms. The van der Waals surface area contributed by atoms with Crippen molar-refractivity contribution >= 4 is 6.09 Å². The zero-order chi connectivity index (χ0) is 13.9. The van der Waals surface area contributed by atoms with E-state index in [1.54, 1.807) is 0 Å². The van der Waals surface area contributed by atoms with Crippen LogP contribution >= 0.6 is 0 Å². The summed E-state index contributed by atoms with van der Waals surface area (Å²) in [4.78, 5) is 13.9. The molecule has 1 spiro atoms. The predicted molar refractivity (Wildman–Crippen MR) is 76.2 cm³/mol. The molecule has 2 rings (SSSR count). The van der Waals surface area contributed by atoms with Crippen LogP contribution in [0.2, 0.25) is 0 Å². The minimum Gasteiger partial charge on any atom is -0.444 e. The lowest BCUT2D eigenvalue weighted by atomic mass is 9.75. The highest BCUT2D eigenvalue weighted by Crippen LogP contribution is 2.37. The SMILES string of the molecule is CC(C)(C)OC(=O)N1CCC2(CCCCNC2)CC1. The van der Waals surface area contributed by atoms with Gasteiger partial charge in [-0.15, -0.1) is 0 Å². The molecular weight excluding hydrogens is 240 g/mol. The van der Waals surface area contributed by atoms with E-state index in [-0.39, 0.29) is 6.09 Å². The van der Waals surface area contributed by atoms with Crippen molar-refractivity contribution in [3.63, 3.8) is 0 Å². The highest BCUT2D eigenvalue weighted by Gasteiger charge is 2.37. The highest BCUT2D eigenvalue weighted by molar-refractivity contribution is 5.68. The summed E-state index contributed by atoms with van der Waals surface area (Å²) in [6, 6.07) is 0. The molecule has 0 aliphatic carbocycles. The second-order valence-corrected chi connectivity index (χ2v) is 7.10. The van der Waals surface area contributed by atoms with Gasteiger partial charge >= 0.3 is 6.09 Å². The van der Waals surface area contributed by atoms with E-state index < -0.39 is 5.60 Å². The molecule has 0 bridgehead atoms. The zero-order valence-electron chi connectivity index (χ0n) is 12.6. The normalized spacial score (nSPS) is 24.1. The van der Waals surface area contributed by atoms with E-state index in [9.17, 15) is 4.79 Å². The molecule has 2 fully saturated rings. The molecule has 2 aliphatic rings. The average Bonchev–Trinajstić information content (AvgIpc) is 2.54. The van der Waals surface area contributed by atoms with Crippen molar-refractivity contribution in [3.8, 4) is 0 Å². The molecule has 4 nitrogen and oxygen atoms in total. The maximum atomic E-state index is 12.0. The molecule has 0 aromatic heterocycles. The number of nitrogens with zero attached hydrogens (tertiary/aromatic N) is 1. The summed E-state index contributed by atoms with van der Waals surface area (Å²) in [5.74, 6) is 0. The van der Waals surface area contributed by atoms with Gasteiger partial charge in [0.15, 0.2) is 0 Å². The van der Waals surface area contributed by atoms with Crippen LogP contribution in [0.4, 0.5) is 4.79 Å². The van der Waals surface area contributed by atoms with Gasteiger partial charge in [-0.1, -0.05) is 6.42 Å². The third-order valence-corrected chi connectivity index (χ3v) is 4.29. The third-order valence-electron chi connectivity index (χ3n) is 4.29. The monoisotopic (exact) mass is 268 g/mol. The van der Waals surface area contributed by atoms with Gasteiger partial charge in [-0.2, -0.15) is 0 Å². The van der Waals surface area contributed by atoms with Crippen LogP contribution in [0.15, 0.2) is 0 Å². The van der Waals surface area contributed by atoms with Crippen molar-refractivity contribution in [3.05, 3.63) is 0 Å². The smallest absolute Gasteiger partial charge is 0.410 e. The molecule has 110 valence electrons. The first-order valence-corrected chi connectivity index (χ1v) is 7.59. The van der Waals surface area contributed by atoms with Crippen LogP contribution < -0.4 is 5.32 Å². The third kappa shape index (κ3) is 4.10. The molecule has 0 unspecified atom stereocenters. The standard InChI is InChI=1S/C15H28N2O2/c1-14(2,3)19-13(18)17-10-7-15(8-11-17)6-4-5-9-16-12-15/h16H,4-12H2,1-3H3. The van der Waals surface area contributed by atoms with Crippen molar-refractivity contribution in [1.82, 2.24) is 10.2 Å². The molecule has 2 saturated heterocycles. The first-order valence-electron chi connectivity index (χ1n) is 7.59. The fourth-order valence-electron chi connectivity index (χ4n) is 3.11. The number of piperidine rings is 1. The Bertz CT molecular complexity index is 305. The number of hydrogen-bond acceptors (Lipinski definition) is 3. The molecule has 2 heterocycles. The highest BCUT2D eigenvalue weighted by atomic mass is 16.6. The average molecular weight is 268 g/mol. The topological polar surface area (TPSA) is 41.6 Å². The number of ether oxygens (including phenoxy) is 1. The Kier molecular flexibility index (Phi) is 4.39. The molecule has 0 aromatic carbocycles. The largest absolute Gasteiger partial charge is 0.444 e. The molecule has 2 aliphatic heterocycles. The minimum atomic E-state index is -0.393. The summed E-state index contributed by atoms with van der Waals surface area (Å²) in [5, 5.41) is 3.56. The number of likely N-dealkylation sites (tertiary alicyclic amines) is 1. The number of nitrogens with one attached hydrogen (secondary N) is 1. The van der Waals surface area contributed by atoms with Crippen LogP contribution in [0, 0.1) is 5.41 Å². The molecule has 0 radical (unpaired) electrons. The maximum Gasteiger partial charge on any atom is 0.410 e. The van der Waals surface area contributed by atoms with Crippen molar-refractivity contribution < 1.29 is 9.53 Å². The van der Waals surface area contributed by atoms with Crippen molar-refractivity contribution in [2.45, 2.75) is 58.5 Å². The van der Waals surface area contributed by atoms with Gasteiger partial charge in [-0.05, 0) is 58.4 Å². The van der Waals surface area contributed by atoms with Crippen LogP contribution in [0.5, 0.6) is 0 Å². The quantitative estimate of drug-likeness (QED) is 0.734. The van der Waals surface area contributed by atoms with Crippen LogP contribution in [-0.2, 0) is 4.74 Å². The Labute approximate surface area is 116 Å². The van der Waals surface area contributed by atoms with Gasteiger partial charge in [0.2, 0.25) is 0 Å². The summed E-state index contributed by atoms with van der Waals surface area (Å²) < 4.78 is 5.45. The van der Waals surface area contributed by atoms with Gasteiger partial charge in [0.25, 0.3) is 0 Å². The number of carbonyl (C=O) groups excluding carboxylic acids is 1. The van der Waals surface area contributed by atoms with Gasteiger partial charge in [-0.25, -0.2) is 4.79 Å². The molecule has 0 saturated carbocycles. The van der Waals surface area contributed by atoms with E-state index in [2.05, 4.69) is 5.32 Å². The van der Waals surface area contributed by atoms with Crippen LogP contribution in [-0.4, -0.2) is 42.8 Å². The fourth-order valence-corrected chi connectivity index (χ4v) is 3.11. The van der Waals surface area contributed by atoms with Gasteiger partial charge in [0, 0.05) is 19.6 Å². The second kappa shape index (κ2) is 5.70. The van der Waals surface area contributed by atoms with E-state index in [0.29, 0.717) is 5.41 Å². The lowest BCUT2D eigenvalue weighted by molar-refractivity contribution is 0.00946. The molecular formula is C15H28N2O2. The molecule has 1 N–H and O–H groups in total. The van der Waals surface area contributed by atoms with E-state index in [1.807, 2.05) is 25.7 Å². The summed E-state index contributed by atoms with van der Waals surface area (Å²) in [7, 11) is 0. The van der Waals surface area contributed by atoms with Gasteiger partial charge in [0.05, 0.1) is 0 Å². The number of carbonyl (C=O) groups is 1. The predicted octanol–water partition coefficient (Wildman–Crippen LogP) is 2.78. The van der Waals surface area contributed by atoms with Gasteiger partial charge in [-0.3, -0.25) is 0 Å². The molecule has 1 amide bonds. The molecule has 0 atom stereocenters. The van der Waals surface area contributed by atoms with Crippen molar-refractivity contribution in [2.75, 3.05) is 26.2 Å². The van der Waals surface area contributed by atoms with Crippen LogP contribution in [0.3, 0.4) is 0 Å². The maximum absolute atomic E-state index is 12.0. The number of amides is 1. The Morgan fingerprint density at radius 3 is 2.47 bits per heavy atom. The summed E-state index contributed by atoms with van der Waals surface area (Å²) >= 11 is 0. The van der Waals surface area contributed by atoms with Crippen molar-refractivity contribution in [1.29, 1.82) is 0 Å². The Hall–Kier alpha value is -0.770. The van der Waals surface area contributed by atoms with E-state index in [0.717, 1.165) is 39.0 Å². The number of hydrogen-bond donors (Lipinski definition) is 1. The minimum absolute atomic E-state index is 0.149. The van der Waals surface area contributed by atoms with Gasteiger partial charge in [0.1, 0.15) is 5.60 Å². The first-order chi connectivity index (χ1) is 8.90. The molecule has 4 heteroatoms. The van der Waals surface area contributed by atoms with Crippen LogP contribution in [0.1, 0.15) is 52.9 Å². The fraction of sp³-hybridized carbons (Fsp3) is 0.933. The Morgan fingerprint density at radius 2 is 1.84 bits per heavy atom. The second-order valence-electron chi connectivity index (χ2n) is 7.10. The Balaban J connectivity index is 1.86. The Morgan fingerprint density at radius 1 is 1.16 bits per heavy atom. The van der Waals surface area contributed by atoms with Crippen molar-refractivity contribution in [2.24, 2.45) is 5.41 Å². The first kappa shape index (κ1) is 14.6. The summed E-state index contributed by atoms with van der Waals surface area (Å²) in [6.45, 7) is 9.72. The van der Waals surface area contributed by atoms with Gasteiger partial charge < -0.3 is 15.0 Å². The summed E-state index contributed by atoms with van der Waals surface area (Å²) in [5.41, 5.74) is 0.0328.